The fourth-order valence-corrected chi connectivity index (χ4v) is 10.1. The van der Waals surface area contributed by atoms with Gasteiger partial charge in [0.2, 0.25) is 65.0 Å². The minimum absolute atomic E-state index is 0. The van der Waals surface area contributed by atoms with Crippen molar-refractivity contribution in [2.45, 2.75) is 187 Å². The molecule has 0 spiro atoms. The zero-order valence-corrected chi connectivity index (χ0v) is 74.4. The van der Waals surface area contributed by atoms with Crippen LogP contribution in [0.2, 0.25) is 0 Å². The number of aromatic nitrogens is 3. The lowest BCUT2D eigenvalue weighted by atomic mass is 10.0. The molecular formula is C77H127BF2N19O35. The van der Waals surface area contributed by atoms with Crippen LogP contribution in [0.1, 0.15) is 119 Å². The molecule has 757 valence electrons. The Morgan fingerprint density at radius 3 is 1.07 bits per heavy atom. The first-order valence-electron chi connectivity index (χ1n) is 41.1. The Labute approximate surface area is 771 Å². The van der Waals surface area contributed by atoms with Gasteiger partial charge in [0.05, 0.1) is 189 Å². The van der Waals surface area contributed by atoms with Crippen LogP contribution in [-0.2, 0) is 142 Å². The average Bonchev–Trinajstić information content (AvgIpc) is 0.987. The van der Waals surface area contributed by atoms with Crippen LogP contribution in [0, 0.1) is 24.2 Å². The van der Waals surface area contributed by atoms with E-state index in [1.165, 1.54) is 52.4 Å². The molecule has 0 saturated carbocycles. The number of carbonyl (C=O) groups is 19. The van der Waals surface area contributed by atoms with Crippen LogP contribution in [0.5, 0.6) is 0 Å². The maximum absolute atomic E-state index is 13.6. The standard InChI is InChI=1S/C39H63FN10O18.C35H56N6O17.C2H4FN3.CH4.B/c1-23(2)34(47-36(61)26(4-5-30(52)53)45-38(63)27(18-32(56)57)44-29(51)21-41-20-25-22-50(9-7-40)49-48-25)39(64)46-28(19-33(58)59)37(62)43-24(3)35(60)42-8-11-66-13-15-68-17-16-67-14-12-65-10-6-31(54)55;1-5-9-36-24(19-28(46)47)33(52)39-23(6-7-26(42)43)32(51)41-30(21(2)3)35(54)40-25(20-29(48)49)34(53)38-22(4)31(50)37-10-12-56-14-16-58-18-17-57-15-13-55-11-8-27(44)45;3-1-2-5-6-4;;/h22-24,26-28,34,41H,4-21H2,1-3H3,(H,42,60)(H,43,62)(H,44,51)(H,45,63)(H,46,64)(H,47,61)(H,52,53)(H,54,55)(H,56,57)(H,58,59);1,21-25,30,36H,6-20H2,2-4H3,(H,37,50)(H,38,53)(H,39,52)(H,40,54)(H,41,51)(H,42,43)(H,44,45)(H,46,47)(H,48,49);1-2H2;1H4;/t24-,26-,27-,28-,34-;22-,23-,24-,25-,30-;;;/m00.../s1/i40-1;;3-1;;. The highest BCUT2D eigenvalue weighted by molar-refractivity contribution is 6.00. The number of halogens is 2. The van der Waals surface area contributed by atoms with Gasteiger partial charge in [-0.25, -0.2) is 9.07 Å². The van der Waals surface area contributed by atoms with Gasteiger partial charge < -0.3 is 143 Å². The zero-order chi connectivity index (χ0) is 99.9. The molecule has 3 radical (unpaired) electrons. The molecular weight excluding hydrogens is 1800 g/mol. The molecule has 1 aromatic heterocycles. The number of carbonyl (C=O) groups excluding carboxylic acids is 11. The number of carboxylic acids is 8. The number of rotatable bonds is 75. The fourth-order valence-electron chi connectivity index (χ4n) is 10.1. The third-order valence-corrected chi connectivity index (χ3v) is 16.7. The van der Waals surface area contributed by atoms with E-state index in [1.54, 1.807) is 0 Å². The molecule has 0 bridgehead atoms. The Balaban J connectivity index is -0.00000118. The van der Waals surface area contributed by atoms with Crippen molar-refractivity contribution in [2.75, 3.05) is 152 Å². The van der Waals surface area contributed by atoms with Gasteiger partial charge in [0.1, 0.15) is 61.1 Å². The van der Waals surface area contributed by atoms with Crippen LogP contribution < -0.4 is 69.1 Å². The summed E-state index contributed by atoms with van der Waals surface area (Å²) in [4.78, 5) is 236. The Morgan fingerprint density at radius 2 is 0.746 bits per heavy atom. The Kier molecular flexibility index (Phi) is 74.4. The predicted molar refractivity (Wildman–Crippen MR) is 459 cm³/mol. The van der Waals surface area contributed by atoms with Gasteiger partial charge in [0, 0.05) is 52.0 Å². The van der Waals surface area contributed by atoms with E-state index in [2.05, 4.69) is 95.4 Å². The third-order valence-electron chi connectivity index (χ3n) is 16.7. The van der Waals surface area contributed by atoms with Crippen molar-refractivity contribution in [3.05, 3.63) is 22.3 Å². The minimum Gasteiger partial charge on any atom is -0.481 e. The molecule has 54 nitrogen and oxygen atoms in total. The Hall–Kier alpha value is -12.5. The first-order chi connectivity index (χ1) is 62.5. The van der Waals surface area contributed by atoms with E-state index in [0.29, 0.717) is 5.69 Å². The second-order valence-electron chi connectivity index (χ2n) is 28.4. The fraction of sp³-hybridized carbons (Fsp3) is 0.701. The molecule has 0 aliphatic heterocycles. The molecule has 11 amide bonds. The summed E-state index contributed by atoms with van der Waals surface area (Å²) in [6, 6.07) is -15.3. The Morgan fingerprint density at radius 1 is 0.425 bits per heavy atom. The SMILES string of the molecule is C.C#CCN[C@@H](CC(=O)O)C(=O)N[C@@H](CCC(=O)O)C(=O)N[C@H](C(=O)N[C@@H](CC(=O)O)C(=O)N[C@@H](C)C(=O)NCCOCCOCCOCCOCCC(=O)O)C(C)C.CC(C)[C@H](NC(=O)[C@H](CCC(=O)O)NC(=O)[C@H](CC(=O)O)NC(=O)CNCc1cn(CC[18F])nn1)C(=O)N[C@@H](CC(=O)O)C(=O)N[C@@H](C)C(=O)NCCOCCOCCOCCOCCC(=O)O.[B].[N-]=[N+]=NCC[18F]. The summed E-state index contributed by atoms with van der Waals surface area (Å²) in [6.45, 7) is 9.94. The van der Waals surface area contributed by atoms with Crippen LogP contribution in [0.15, 0.2) is 11.3 Å². The molecule has 134 heavy (non-hydrogen) atoms. The summed E-state index contributed by atoms with van der Waals surface area (Å²) in [6.07, 6.45) is 0.506. The molecule has 57 heteroatoms. The van der Waals surface area contributed by atoms with Crippen LogP contribution in [-0.4, -0.2) is 389 Å². The number of azide groups is 1. The summed E-state index contributed by atoms with van der Waals surface area (Å²) < 4.78 is 66.9. The highest BCUT2D eigenvalue weighted by Gasteiger charge is 2.38. The number of carboxylic acid groups (broad SMARTS) is 8. The van der Waals surface area contributed by atoms with E-state index in [9.17, 15) is 131 Å². The number of aryl methyl sites for hydroxylation is 1. The predicted octanol–water partition coefficient (Wildman–Crippen LogP) is -5.91. The quantitative estimate of drug-likeness (QED) is 0.00721. The van der Waals surface area contributed by atoms with Gasteiger partial charge in [-0.1, -0.05) is 51.4 Å². The van der Waals surface area contributed by atoms with E-state index in [4.69, 9.17) is 60.1 Å². The number of terminal acetylenes is 1. The molecule has 1 aromatic rings. The maximum atomic E-state index is 13.6. The van der Waals surface area contributed by atoms with Gasteiger partial charge in [-0.15, -0.1) is 11.5 Å². The summed E-state index contributed by atoms with van der Waals surface area (Å²) in [7, 11) is 0. The largest absolute Gasteiger partial charge is 0.481 e. The molecule has 1 heterocycles. The lowest BCUT2D eigenvalue weighted by Crippen LogP contribution is -2.60. The van der Waals surface area contributed by atoms with Crippen molar-refractivity contribution in [2.24, 2.45) is 17.0 Å². The average molecular weight is 1930 g/mol. The number of ether oxygens (including phenoxy) is 8. The van der Waals surface area contributed by atoms with Gasteiger partial charge in [0.25, 0.3) is 0 Å². The van der Waals surface area contributed by atoms with Crippen LogP contribution in [0.4, 0.5) is 8.78 Å². The number of hydrogen-bond acceptors (Lipinski definition) is 32. The molecule has 10 atom stereocenters. The summed E-state index contributed by atoms with van der Waals surface area (Å²) >= 11 is 0. The van der Waals surface area contributed by atoms with E-state index < -0.39 is 256 Å². The van der Waals surface area contributed by atoms with Crippen molar-refractivity contribution in [3.8, 4) is 12.3 Å². The summed E-state index contributed by atoms with van der Waals surface area (Å²) in [5.74, 6) is -20.6. The number of nitrogens with one attached hydrogen (secondary N) is 13. The number of alkyl halides is 2. The molecule has 0 aromatic carbocycles. The van der Waals surface area contributed by atoms with Crippen LogP contribution in [0.25, 0.3) is 10.4 Å². The van der Waals surface area contributed by atoms with Crippen molar-refractivity contribution >= 4 is 121 Å². The monoisotopic (exact) mass is 1920 g/mol. The topological polar surface area (TPSA) is 796 Å². The molecule has 0 aliphatic carbocycles. The number of hydrogen-bond donors (Lipinski definition) is 21. The second kappa shape index (κ2) is 78.0. The lowest BCUT2D eigenvalue weighted by molar-refractivity contribution is -0.142. The van der Waals surface area contributed by atoms with Gasteiger partial charge in [-0.2, -0.15) is 0 Å². The number of amides is 11. The molecule has 0 saturated heterocycles. The highest BCUT2D eigenvalue weighted by Crippen LogP contribution is 2.12. The van der Waals surface area contributed by atoms with Gasteiger partial charge in [-0.05, 0) is 44.1 Å². The highest BCUT2D eigenvalue weighted by atomic mass is 18.2. The molecule has 0 unspecified atom stereocenters. The van der Waals surface area contributed by atoms with Crippen molar-refractivity contribution < 1.29 is 179 Å². The minimum atomic E-state index is -1.77. The van der Waals surface area contributed by atoms with E-state index in [1.807, 2.05) is 0 Å². The molecule has 0 fully saturated rings. The van der Waals surface area contributed by atoms with E-state index >= 15 is 0 Å². The Bertz CT molecular complexity index is 3870. The number of aliphatic carboxylic acids is 8. The molecule has 1 rings (SSSR count). The molecule has 0 aliphatic rings. The summed E-state index contributed by atoms with van der Waals surface area (Å²) in [5, 5.41) is 114. The van der Waals surface area contributed by atoms with Crippen LogP contribution in [0.3, 0.4) is 0 Å². The van der Waals surface area contributed by atoms with Crippen molar-refractivity contribution in [1.29, 1.82) is 0 Å². The maximum Gasteiger partial charge on any atom is 0.305 e. The normalized spacial score (nSPS) is 12.8. The van der Waals surface area contributed by atoms with Crippen molar-refractivity contribution in [3.63, 3.8) is 0 Å². The third kappa shape index (κ3) is 66.8. The lowest BCUT2D eigenvalue weighted by Gasteiger charge is -2.28. The van der Waals surface area contributed by atoms with Crippen molar-refractivity contribution in [1.82, 2.24) is 84.1 Å². The first kappa shape index (κ1) is 128. The second-order valence-corrected chi connectivity index (χ2v) is 28.4. The van der Waals surface area contributed by atoms with Crippen LogP contribution >= 0.6 is 0 Å². The van der Waals surface area contributed by atoms with E-state index in [-0.39, 0.29) is 174 Å². The van der Waals surface area contributed by atoms with Gasteiger partial charge in [0.15, 0.2) is 0 Å². The van der Waals surface area contributed by atoms with E-state index in [0.717, 1.165) is 0 Å². The van der Waals surface area contributed by atoms with Gasteiger partial charge in [-0.3, -0.25) is 101 Å². The zero-order valence-electron chi connectivity index (χ0n) is 74.4. The first-order valence-corrected chi connectivity index (χ1v) is 41.1. The molecule has 21 N–H and O–H groups in total. The number of nitrogens with zero attached hydrogens (tertiary/aromatic N) is 6. The smallest absolute Gasteiger partial charge is 0.305 e. The van der Waals surface area contributed by atoms with Gasteiger partial charge >= 0.3 is 47.8 Å². The summed E-state index contributed by atoms with van der Waals surface area (Å²) in [5.41, 5.74) is 7.83.